The number of hydrogen-bond donors (Lipinski definition) is 2. The molecule has 0 aromatic carbocycles. The second-order valence-electron chi connectivity index (χ2n) is 7.45. The fourth-order valence-electron chi connectivity index (χ4n) is 3.19. The molecule has 2 rings (SSSR count). The van der Waals surface area contributed by atoms with Gasteiger partial charge in [-0.2, -0.15) is 0 Å². The van der Waals surface area contributed by atoms with E-state index in [0.717, 1.165) is 51.6 Å². The largest absolute Gasteiger partial charge is 0.388 e. The number of hydrogen-bond acceptors (Lipinski definition) is 2. The van der Waals surface area contributed by atoms with Gasteiger partial charge in [0.2, 0.25) is 0 Å². The molecule has 2 amide bonds. The first-order chi connectivity index (χ1) is 9.40. The summed E-state index contributed by atoms with van der Waals surface area (Å²) in [6.07, 6.45) is 8.30. The minimum Gasteiger partial charge on any atom is -0.388 e. The lowest BCUT2D eigenvalue weighted by molar-refractivity contribution is -0.0229. The number of amides is 2. The van der Waals surface area contributed by atoms with E-state index in [9.17, 15) is 9.90 Å². The van der Waals surface area contributed by atoms with Gasteiger partial charge < -0.3 is 15.3 Å². The van der Waals surface area contributed by atoms with Gasteiger partial charge in [-0.3, -0.25) is 0 Å². The van der Waals surface area contributed by atoms with Gasteiger partial charge in [-0.05, 0) is 43.9 Å². The minimum atomic E-state index is -0.697. The van der Waals surface area contributed by atoms with Gasteiger partial charge in [0.1, 0.15) is 0 Å². The van der Waals surface area contributed by atoms with Gasteiger partial charge in [-0.25, -0.2) is 4.79 Å². The van der Waals surface area contributed by atoms with Crippen LogP contribution in [0.5, 0.6) is 0 Å². The van der Waals surface area contributed by atoms with Crippen molar-refractivity contribution in [2.45, 2.75) is 70.8 Å². The highest BCUT2D eigenvalue weighted by Crippen LogP contribution is 2.39. The van der Waals surface area contributed by atoms with Gasteiger partial charge in [0.15, 0.2) is 0 Å². The lowest BCUT2D eigenvalue weighted by Gasteiger charge is -2.40. The summed E-state index contributed by atoms with van der Waals surface area (Å²) in [6, 6.07) is 0.00478. The Morgan fingerprint density at radius 2 is 1.60 bits per heavy atom. The second kappa shape index (κ2) is 6.33. The summed E-state index contributed by atoms with van der Waals surface area (Å²) in [7, 11) is 0. The van der Waals surface area contributed by atoms with Gasteiger partial charge in [0.05, 0.1) is 5.60 Å². The molecule has 0 radical (unpaired) electrons. The van der Waals surface area contributed by atoms with Gasteiger partial charge in [0, 0.05) is 19.6 Å². The predicted octanol–water partition coefficient (Wildman–Crippen LogP) is 2.90. The highest BCUT2D eigenvalue weighted by atomic mass is 16.3. The number of carbonyl (C=O) groups is 1. The third kappa shape index (κ3) is 4.37. The lowest BCUT2D eigenvalue weighted by Crippen LogP contribution is -2.50. The van der Waals surface area contributed by atoms with E-state index in [1.165, 1.54) is 12.8 Å². The monoisotopic (exact) mass is 282 g/mol. The van der Waals surface area contributed by atoms with Gasteiger partial charge in [-0.15, -0.1) is 0 Å². The number of carbonyl (C=O) groups excluding carboxylic acids is 1. The van der Waals surface area contributed by atoms with Crippen molar-refractivity contribution in [1.82, 2.24) is 10.2 Å². The molecule has 1 aliphatic carbocycles. The van der Waals surface area contributed by atoms with E-state index in [1.54, 1.807) is 0 Å². The molecule has 0 bridgehead atoms. The van der Waals surface area contributed by atoms with Crippen LogP contribution < -0.4 is 5.32 Å². The molecule has 20 heavy (non-hydrogen) atoms. The Kier molecular flexibility index (Phi) is 4.95. The number of rotatable bonds is 2. The van der Waals surface area contributed by atoms with E-state index in [4.69, 9.17) is 0 Å². The fraction of sp³-hybridized carbons (Fsp3) is 0.938. The number of aliphatic hydroxyl groups is 1. The van der Waals surface area contributed by atoms with Crippen molar-refractivity contribution in [3.05, 3.63) is 0 Å². The Labute approximate surface area is 122 Å². The standard InChI is InChI=1S/C16H30N2O2/c1-15(2)7-9-16(20,10-8-15)13-17-14(19)18-11-5-3-4-6-12-18/h20H,3-13H2,1-2H3,(H,17,19). The summed E-state index contributed by atoms with van der Waals surface area (Å²) < 4.78 is 0. The number of nitrogens with zero attached hydrogens (tertiary/aromatic N) is 1. The van der Waals surface area contributed by atoms with Crippen LogP contribution in [0.25, 0.3) is 0 Å². The fourth-order valence-corrected chi connectivity index (χ4v) is 3.19. The molecule has 1 saturated heterocycles. The average Bonchev–Trinajstić information content (AvgIpc) is 2.69. The Balaban J connectivity index is 1.77. The van der Waals surface area contributed by atoms with E-state index in [-0.39, 0.29) is 6.03 Å². The molecule has 4 nitrogen and oxygen atoms in total. The van der Waals surface area contributed by atoms with Crippen molar-refractivity contribution in [2.24, 2.45) is 5.41 Å². The lowest BCUT2D eigenvalue weighted by atomic mass is 9.71. The van der Waals surface area contributed by atoms with Crippen LogP contribution in [-0.2, 0) is 0 Å². The summed E-state index contributed by atoms with van der Waals surface area (Å²) in [6.45, 7) is 6.62. The summed E-state index contributed by atoms with van der Waals surface area (Å²) in [4.78, 5) is 14.1. The zero-order valence-corrected chi connectivity index (χ0v) is 13.1. The quantitative estimate of drug-likeness (QED) is 0.818. The summed E-state index contributed by atoms with van der Waals surface area (Å²) in [5, 5.41) is 13.5. The van der Waals surface area contributed by atoms with Crippen molar-refractivity contribution in [2.75, 3.05) is 19.6 Å². The molecule has 2 fully saturated rings. The van der Waals surface area contributed by atoms with Crippen molar-refractivity contribution in [3.63, 3.8) is 0 Å². The maximum absolute atomic E-state index is 12.2. The molecular weight excluding hydrogens is 252 g/mol. The predicted molar refractivity (Wildman–Crippen MR) is 80.6 cm³/mol. The summed E-state index contributed by atoms with van der Waals surface area (Å²) >= 11 is 0. The van der Waals surface area contributed by atoms with Crippen molar-refractivity contribution >= 4 is 6.03 Å². The summed E-state index contributed by atoms with van der Waals surface area (Å²) in [5.74, 6) is 0. The topological polar surface area (TPSA) is 52.6 Å². The van der Waals surface area contributed by atoms with Crippen LogP contribution in [0.3, 0.4) is 0 Å². The number of nitrogens with one attached hydrogen (secondary N) is 1. The van der Waals surface area contributed by atoms with Gasteiger partial charge in [-0.1, -0.05) is 26.7 Å². The van der Waals surface area contributed by atoms with Gasteiger partial charge in [0.25, 0.3) is 0 Å². The third-order valence-corrected chi connectivity index (χ3v) is 5.00. The first-order valence-corrected chi connectivity index (χ1v) is 8.16. The Morgan fingerprint density at radius 3 is 2.15 bits per heavy atom. The number of likely N-dealkylation sites (tertiary alicyclic amines) is 1. The molecule has 1 saturated carbocycles. The molecule has 116 valence electrons. The smallest absolute Gasteiger partial charge is 0.317 e. The molecule has 0 unspecified atom stereocenters. The molecule has 0 aromatic rings. The first-order valence-electron chi connectivity index (χ1n) is 8.16. The third-order valence-electron chi connectivity index (χ3n) is 5.00. The normalized spacial score (nSPS) is 25.9. The summed E-state index contributed by atoms with van der Waals surface area (Å²) in [5.41, 5.74) is -0.363. The van der Waals surface area contributed by atoms with Crippen LogP contribution in [0.2, 0.25) is 0 Å². The van der Waals surface area contributed by atoms with Crippen molar-refractivity contribution < 1.29 is 9.90 Å². The Bertz CT molecular complexity index is 323. The maximum Gasteiger partial charge on any atom is 0.317 e. The molecular formula is C16H30N2O2. The van der Waals surface area contributed by atoms with E-state index < -0.39 is 5.60 Å². The first kappa shape index (κ1) is 15.6. The van der Waals surface area contributed by atoms with Crippen molar-refractivity contribution in [3.8, 4) is 0 Å². The number of urea groups is 1. The van der Waals surface area contributed by atoms with Crippen LogP contribution in [0.1, 0.15) is 65.2 Å². The van der Waals surface area contributed by atoms with Crippen LogP contribution in [-0.4, -0.2) is 41.3 Å². The molecule has 0 aromatic heterocycles. The zero-order chi connectivity index (χ0) is 14.6. The zero-order valence-electron chi connectivity index (χ0n) is 13.1. The van der Waals surface area contributed by atoms with E-state index in [1.807, 2.05) is 4.90 Å². The SMILES string of the molecule is CC1(C)CCC(O)(CNC(=O)N2CCCCCC2)CC1. The van der Waals surface area contributed by atoms with E-state index in [0.29, 0.717) is 12.0 Å². The molecule has 0 spiro atoms. The molecule has 2 aliphatic rings. The van der Waals surface area contributed by atoms with Crippen LogP contribution >= 0.6 is 0 Å². The van der Waals surface area contributed by atoms with E-state index in [2.05, 4.69) is 19.2 Å². The highest BCUT2D eigenvalue weighted by Gasteiger charge is 2.37. The van der Waals surface area contributed by atoms with E-state index >= 15 is 0 Å². The van der Waals surface area contributed by atoms with Crippen LogP contribution in [0.4, 0.5) is 4.79 Å². The Hall–Kier alpha value is -0.770. The molecule has 0 atom stereocenters. The molecule has 1 heterocycles. The second-order valence-corrected chi connectivity index (χ2v) is 7.45. The van der Waals surface area contributed by atoms with Gasteiger partial charge >= 0.3 is 6.03 Å². The molecule has 4 heteroatoms. The van der Waals surface area contributed by atoms with Crippen molar-refractivity contribution in [1.29, 1.82) is 0 Å². The Morgan fingerprint density at radius 1 is 1.05 bits per heavy atom. The van der Waals surface area contributed by atoms with Crippen LogP contribution in [0.15, 0.2) is 0 Å². The van der Waals surface area contributed by atoms with Crippen LogP contribution in [0, 0.1) is 5.41 Å². The maximum atomic E-state index is 12.2. The average molecular weight is 282 g/mol. The molecule has 2 N–H and O–H groups in total. The minimum absolute atomic E-state index is 0.00478. The highest BCUT2D eigenvalue weighted by molar-refractivity contribution is 5.74. The molecule has 1 aliphatic heterocycles.